The van der Waals surface area contributed by atoms with E-state index in [9.17, 15) is 0 Å². The van der Waals surface area contributed by atoms with Gasteiger partial charge in [0, 0.05) is 38.9 Å². The Morgan fingerprint density at radius 2 is 2.05 bits per heavy atom. The molecule has 1 aliphatic rings. The maximum atomic E-state index is 4.28. The van der Waals surface area contributed by atoms with Crippen LogP contribution in [-0.4, -0.2) is 39.2 Å². The average molecular weight is 416 g/mol. The summed E-state index contributed by atoms with van der Waals surface area (Å²) in [6, 6.07) is 10.7. The fourth-order valence-corrected chi connectivity index (χ4v) is 2.72. The average Bonchev–Trinajstić information content (AvgIpc) is 3.00. The van der Waals surface area contributed by atoms with E-state index in [0.29, 0.717) is 5.92 Å². The van der Waals surface area contributed by atoms with Crippen molar-refractivity contribution in [3.8, 4) is 0 Å². The van der Waals surface area contributed by atoms with Crippen LogP contribution in [0.5, 0.6) is 0 Å². The number of nitrogens with zero attached hydrogens (tertiary/aromatic N) is 2. The molecule has 0 amide bonds. The summed E-state index contributed by atoms with van der Waals surface area (Å²) < 4.78 is 0. The third-order valence-corrected chi connectivity index (χ3v) is 4.01. The van der Waals surface area contributed by atoms with Crippen molar-refractivity contribution in [3.05, 3.63) is 30.3 Å². The predicted molar refractivity (Wildman–Crippen MR) is 106 cm³/mol. The Morgan fingerprint density at radius 3 is 2.73 bits per heavy atom. The normalized spacial score (nSPS) is 18.0. The van der Waals surface area contributed by atoms with Gasteiger partial charge >= 0.3 is 0 Å². The minimum Gasteiger partial charge on any atom is -0.371 e. The van der Waals surface area contributed by atoms with Crippen molar-refractivity contribution in [1.29, 1.82) is 0 Å². The Morgan fingerprint density at radius 1 is 1.27 bits per heavy atom. The van der Waals surface area contributed by atoms with E-state index in [-0.39, 0.29) is 24.0 Å². The fraction of sp³-hybridized carbons (Fsp3) is 0.588. The van der Waals surface area contributed by atoms with Gasteiger partial charge in [-0.3, -0.25) is 4.99 Å². The van der Waals surface area contributed by atoms with Crippen molar-refractivity contribution >= 4 is 35.6 Å². The van der Waals surface area contributed by atoms with Gasteiger partial charge in [-0.25, -0.2) is 0 Å². The lowest BCUT2D eigenvalue weighted by atomic mass is 10.1. The molecule has 0 spiro atoms. The summed E-state index contributed by atoms with van der Waals surface area (Å²) in [4.78, 5) is 6.75. The van der Waals surface area contributed by atoms with Crippen LogP contribution in [0.15, 0.2) is 35.3 Å². The van der Waals surface area contributed by atoms with Crippen LogP contribution >= 0.6 is 24.0 Å². The molecule has 1 fully saturated rings. The van der Waals surface area contributed by atoms with Gasteiger partial charge in [-0.2, -0.15) is 0 Å². The first-order valence-electron chi connectivity index (χ1n) is 8.08. The molecule has 1 aromatic rings. The van der Waals surface area contributed by atoms with Crippen LogP contribution in [0, 0.1) is 5.92 Å². The molecule has 0 radical (unpaired) electrons. The molecule has 2 N–H and O–H groups in total. The van der Waals surface area contributed by atoms with Crippen molar-refractivity contribution in [2.24, 2.45) is 10.9 Å². The number of benzene rings is 1. The third kappa shape index (κ3) is 6.02. The van der Waals surface area contributed by atoms with E-state index in [1.165, 1.54) is 24.9 Å². The molecule has 1 aromatic carbocycles. The second kappa shape index (κ2) is 10.7. The number of aliphatic imine (C=N–C) groups is 1. The SMILES string of the molecule is CCCCNC(=NC)NCC1CCN(c2ccccc2)C1.I. The highest BCUT2D eigenvalue weighted by molar-refractivity contribution is 14.0. The molecule has 1 heterocycles. The quantitative estimate of drug-likeness (QED) is 0.324. The molecule has 1 saturated heterocycles. The van der Waals surface area contributed by atoms with E-state index in [4.69, 9.17) is 0 Å². The van der Waals surface area contributed by atoms with Gasteiger partial charge in [0.05, 0.1) is 0 Å². The molecule has 124 valence electrons. The summed E-state index contributed by atoms with van der Waals surface area (Å²) in [6.45, 7) is 6.47. The zero-order valence-corrected chi connectivity index (χ0v) is 16.0. The van der Waals surface area contributed by atoms with Crippen LogP contribution in [-0.2, 0) is 0 Å². The third-order valence-electron chi connectivity index (χ3n) is 4.01. The van der Waals surface area contributed by atoms with Crippen molar-refractivity contribution in [3.63, 3.8) is 0 Å². The van der Waals surface area contributed by atoms with Crippen LogP contribution in [0.4, 0.5) is 5.69 Å². The first-order valence-corrected chi connectivity index (χ1v) is 8.08. The first-order chi connectivity index (χ1) is 10.3. The summed E-state index contributed by atoms with van der Waals surface area (Å²) in [5, 5.41) is 6.82. The number of para-hydroxylation sites is 1. The maximum Gasteiger partial charge on any atom is 0.190 e. The summed E-state index contributed by atoms with van der Waals surface area (Å²) in [7, 11) is 1.84. The summed E-state index contributed by atoms with van der Waals surface area (Å²) >= 11 is 0. The Hall–Kier alpha value is -0.980. The van der Waals surface area contributed by atoms with Crippen LogP contribution in [0.2, 0.25) is 0 Å². The first kappa shape index (κ1) is 19.1. The number of hydrogen-bond donors (Lipinski definition) is 2. The smallest absolute Gasteiger partial charge is 0.190 e. The summed E-state index contributed by atoms with van der Waals surface area (Å²) in [5.41, 5.74) is 1.34. The second-order valence-corrected chi connectivity index (χ2v) is 5.67. The number of hydrogen-bond acceptors (Lipinski definition) is 2. The highest BCUT2D eigenvalue weighted by Crippen LogP contribution is 2.22. The molecule has 0 bridgehead atoms. The lowest BCUT2D eigenvalue weighted by Gasteiger charge is -2.19. The molecular weight excluding hydrogens is 387 g/mol. The number of nitrogens with one attached hydrogen (secondary N) is 2. The van der Waals surface area contributed by atoms with Gasteiger partial charge in [0.15, 0.2) is 5.96 Å². The highest BCUT2D eigenvalue weighted by atomic mass is 127. The zero-order valence-electron chi connectivity index (χ0n) is 13.7. The molecule has 1 atom stereocenters. The van der Waals surface area contributed by atoms with Gasteiger partial charge in [0.25, 0.3) is 0 Å². The molecule has 1 aliphatic heterocycles. The minimum absolute atomic E-state index is 0. The monoisotopic (exact) mass is 416 g/mol. The molecule has 2 rings (SSSR count). The lowest BCUT2D eigenvalue weighted by molar-refractivity contribution is 0.565. The van der Waals surface area contributed by atoms with E-state index in [0.717, 1.165) is 32.1 Å². The van der Waals surface area contributed by atoms with Crippen LogP contribution in [0.3, 0.4) is 0 Å². The van der Waals surface area contributed by atoms with Gasteiger partial charge in [0.2, 0.25) is 0 Å². The second-order valence-electron chi connectivity index (χ2n) is 5.67. The zero-order chi connectivity index (χ0) is 14.9. The van der Waals surface area contributed by atoms with Crippen molar-refractivity contribution in [2.75, 3.05) is 38.1 Å². The van der Waals surface area contributed by atoms with Gasteiger partial charge in [-0.05, 0) is 30.9 Å². The fourth-order valence-electron chi connectivity index (χ4n) is 2.72. The largest absolute Gasteiger partial charge is 0.371 e. The highest BCUT2D eigenvalue weighted by Gasteiger charge is 2.22. The van der Waals surface area contributed by atoms with E-state index in [2.05, 4.69) is 57.8 Å². The van der Waals surface area contributed by atoms with Gasteiger partial charge < -0.3 is 15.5 Å². The van der Waals surface area contributed by atoms with E-state index in [1.54, 1.807) is 0 Å². The van der Waals surface area contributed by atoms with E-state index in [1.807, 2.05) is 7.05 Å². The summed E-state index contributed by atoms with van der Waals surface area (Å²) in [5.74, 6) is 1.62. The number of anilines is 1. The molecule has 0 saturated carbocycles. The van der Waals surface area contributed by atoms with Crippen molar-refractivity contribution < 1.29 is 0 Å². The van der Waals surface area contributed by atoms with Crippen LogP contribution in [0.1, 0.15) is 26.2 Å². The predicted octanol–water partition coefficient (Wildman–Crippen LogP) is 3.10. The Labute approximate surface area is 151 Å². The molecular formula is C17H29IN4. The topological polar surface area (TPSA) is 39.7 Å². The Kier molecular flexibility index (Phi) is 9.27. The Balaban J connectivity index is 0.00000242. The van der Waals surface area contributed by atoms with Crippen LogP contribution < -0.4 is 15.5 Å². The number of guanidine groups is 1. The van der Waals surface area contributed by atoms with Crippen LogP contribution in [0.25, 0.3) is 0 Å². The number of halogens is 1. The molecule has 4 nitrogen and oxygen atoms in total. The minimum atomic E-state index is 0. The molecule has 5 heteroatoms. The molecule has 22 heavy (non-hydrogen) atoms. The standard InChI is InChI=1S/C17H28N4.HI/c1-3-4-11-19-17(18-2)20-13-15-10-12-21(14-15)16-8-6-5-7-9-16;/h5-9,15H,3-4,10-14H2,1-2H3,(H2,18,19,20);1H. The van der Waals surface area contributed by atoms with Crippen molar-refractivity contribution in [2.45, 2.75) is 26.2 Å². The number of unbranched alkanes of at least 4 members (excludes halogenated alkanes) is 1. The maximum absolute atomic E-state index is 4.28. The molecule has 1 unspecified atom stereocenters. The number of rotatable bonds is 6. The van der Waals surface area contributed by atoms with E-state index < -0.39 is 0 Å². The lowest BCUT2D eigenvalue weighted by Crippen LogP contribution is -2.40. The van der Waals surface area contributed by atoms with Gasteiger partial charge in [-0.1, -0.05) is 31.5 Å². The molecule has 0 aromatic heterocycles. The van der Waals surface area contributed by atoms with Gasteiger partial charge in [-0.15, -0.1) is 24.0 Å². The Bertz CT molecular complexity index is 436. The van der Waals surface area contributed by atoms with Crippen molar-refractivity contribution in [1.82, 2.24) is 10.6 Å². The summed E-state index contributed by atoms with van der Waals surface area (Å²) in [6.07, 6.45) is 3.64. The van der Waals surface area contributed by atoms with Gasteiger partial charge in [0.1, 0.15) is 0 Å². The molecule has 0 aliphatic carbocycles. The van der Waals surface area contributed by atoms with E-state index >= 15 is 0 Å².